The van der Waals surface area contributed by atoms with E-state index < -0.39 is 24.1 Å². The van der Waals surface area contributed by atoms with Gasteiger partial charge in [0, 0.05) is 5.69 Å². The molecule has 0 bridgehead atoms. The number of methoxy groups -OCH3 is 1. The summed E-state index contributed by atoms with van der Waals surface area (Å²) in [4.78, 5) is 23.1. The molecule has 2 aromatic rings. The van der Waals surface area contributed by atoms with Crippen molar-refractivity contribution in [1.82, 2.24) is 5.32 Å². The van der Waals surface area contributed by atoms with Crippen LogP contribution in [0.1, 0.15) is 25.3 Å². The van der Waals surface area contributed by atoms with Gasteiger partial charge in [-0.25, -0.2) is 4.79 Å². The minimum atomic E-state index is -1.63. The number of hydrogen-bond donors (Lipinski definition) is 4. The summed E-state index contributed by atoms with van der Waals surface area (Å²) in [6, 6.07) is 14.8. The lowest BCUT2D eigenvalue weighted by molar-refractivity contribution is -0.123. The van der Waals surface area contributed by atoms with Gasteiger partial charge >= 0.3 is 6.09 Å². The number of benzene rings is 2. The summed E-state index contributed by atoms with van der Waals surface area (Å²) in [6.07, 6.45) is 1.47. The molecule has 8 heteroatoms. The molecule has 2 amide bonds. The van der Waals surface area contributed by atoms with Gasteiger partial charge < -0.3 is 30.3 Å². The molecule has 0 saturated carbocycles. The van der Waals surface area contributed by atoms with Gasteiger partial charge in [0.2, 0.25) is 0 Å². The largest absolute Gasteiger partial charge is 0.497 e. The quantitative estimate of drug-likeness (QED) is 0.418. The molecular formula is C22H28N2O6. The van der Waals surface area contributed by atoms with Gasteiger partial charge in [-0.1, -0.05) is 12.1 Å². The molecule has 0 heterocycles. The van der Waals surface area contributed by atoms with Crippen LogP contribution in [0.3, 0.4) is 0 Å². The molecule has 0 aliphatic heterocycles. The van der Waals surface area contributed by atoms with Gasteiger partial charge in [0.25, 0.3) is 5.91 Å². The number of carboxylic acid groups (broad SMARTS) is 1. The second-order valence-corrected chi connectivity index (χ2v) is 7.05. The zero-order chi connectivity index (χ0) is 22.0. The maximum Gasteiger partial charge on any atom is 0.405 e. The van der Waals surface area contributed by atoms with Crippen LogP contribution in [-0.4, -0.2) is 48.1 Å². The van der Waals surface area contributed by atoms with Crippen LogP contribution in [0.15, 0.2) is 48.5 Å². The van der Waals surface area contributed by atoms with E-state index >= 15 is 0 Å². The second-order valence-electron chi connectivity index (χ2n) is 7.05. The molecule has 0 unspecified atom stereocenters. The van der Waals surface area contributed by atoms with Gasteiger partial charge in [0.15, 0.2) is 0 Å². The van der Waals surface area contributed by atoms with Crippen LogP contribution in [0, 0.1) is 0 Å². The van der Waals surface area contributed by atoms with E-state index in [-0.39, 0.29) is 0 Å². The first kappa shape index (κ1) is 23.0. The number of amides is 2. The summed E-state index contributed by atoms with van der Waals surface area (Å²) in [7, 11) is 1.65. The highest BCUT2D eigenvalue weighted by Gasteiger charge is 2.34. The molecular weight excluding hydrogens is 388 g/mol. The standard InChI is InChI=1S/C22H28N2O6/c1-22(15-25,24-21(27)28)20(26)23-17-8-12-19(13-9-17)30-14-4-3-5-16-6-10-18(29-2)11-7-16/h6-13,24-25H,3-5,14-15H2,1-2H3,(H,23,26)(H,27,28)/t22-/m0/s1. The van der Waals surface area contributed by atoms with Crippen LogP contribution in [0.25, 0.3) is 0 Å². The second kappa shape index (κ2) is 11.1. The van der Waals surface area contributed by atoms with Crippen LogP contribution in [-0.2, 0) is 11.2 Å². The Hall–Kier alpha value is -3.26. The molecule has 0 aliphatic carbocycles. The highest BCUT2D eigenvalue weighted by atomic mass is 16.5. The lowest BCUT2D eigenvalue weighted by atomic mass is 10.0. The van der Waals surface area contributed by atoms with Gasteiger partial charge in [0.1, 0.15) is 17.0 Å². The van der Waals surface area contributed by atoms with Crippen molar-refractivity contribution in [2.75, 3.05) is 25.6 Å². The first-order valence-electron chi connectivity index (χ1n) is 9.65. The number of hydrogen-bond acceptors (Lipinski definition) is 5. The SMILES string of the molecule is COc1ccc(CCCCOc2ccc(NC(=O)[C@](C)(CO)NC(=O)O)cc2)cc1. The summed E-state index contributed by atoms with van der Waals surface area (Å²) in [5.74, 6) is 0.867. The van der Waals surface area contributed by atoms with Gasteiger partial charge in [-0.05, 0) is 68.1 Å². The normalized spacial score (nSPS) is 12.5. The summed E-state index contributed by atoms with van der Waals surface area (Å²) < 4.78 is 10.9. The molecule has 2 aromatic carbocycles. The van der Waals surface area contributed by atoms with E-state index in [0.717, 1.165) is 25.0 Å². The maximum atomic E-state index is 12.2. The van der Waals surface area contributed by atoms with Crippen molar-refractivity contribution >= 4 is 17.7 Å². The number of rotatable bonds is 11. The minimum Gasteiger partial charge on any atom is -0.497 e. The van der Waals surface area contributed by atoms with E-state index in [1.807, 2.05) is 17.4 Å². The first-order valence-corrected chi connectivity index (χ1v) is 9.65. The molecule has 0 fully saturated rings. The van der Waals surface area contributed by atoms with Crippen LogP contribution < -0.4 is 20.1 Å². The zero-order valence-corrected chi connectivity index (χ0v) is 17.2. The third-order valence-corrected chi connectivity index (χ3v) is 4.60. The van der Waals surface area contributed by atoms with Crippen molar-refractivity contribution in [2.45, 2.75) is 31.7 Å². The third kappa shape index (κ3) is 6.97. The molecule has 162 valence electrons. The Kier molecular flexibility index (Phi) is 8.49. The number of aliphatic hydroxyl groups is 1. The molecule has 0 aliphatic rings. The summed E-state index contributed by atoms with van der Waals surface area (Å²) >= 11 is 0. The Morgan fingerprint density at radius 3 is 2.20 bits per heavy atom. The number of nitrogens with one attached hydrogen (secondary N) is 2. The number of aliphatic hydroxyl groups excluding tert-OH is 1. The van der Waals surface area contributed by atoms with Crippen molar-refractivity contribution in [2.24, 2.45) is 0 Å². The van der Waals surface area contributed by atoms with Crippen LogP contribution in [0.4, 0.5) is 10.5 Å². The fourth-order valence-electron chi connectivity index (χ4n) is 2.72. The van der Waals surface area contributed by atoms with E-state index in [1.54, 1.807) is 31.4 Å². The van der Waals surface area contributed by atoms with Crippen molar-refractivity contribution in [3.05, 3.63) is 54.1 Å². The Bertz CT molecular complexity index is 823. The fraction of sp³-hybridized carbons (Fsp3) is 0.364. The van der Waals surface area contributed by atoms with E-state index in [2.05, 4.69) is 17.4 Å². The molecule has 0 radical (unpaired) electrons. The predicted molar refractivity (Wildman–Crippen MR) is 113 cm³/mol. The molecule has 2 rings (SSSR count). The molecule has 30 heavy (non-hydrogen) atoms. The van der Waals surface area contributed by atoms with Crippen molar-refractivity contribution in [3.63, 3.8) is 0 Å². The summed E-state index contributed by atoms with van der Waals surface area (Å²) in [5.41, 5.74) is 0.0899. The summed E-state index contributed by atoms with van der Waals surface area (Å²) in [5, 5.41) is 22.8. The van der Waals surface area contributed by atoms with E-state index in [9.17, 15) is 14.7 Å². The number of anilines is 1. The maximum absolute atomic E-state index is 12.2. The van der Waals surface area contributed by atoms with Crippen molar-refractivity contribution in [1.29, 1.82) is 0 Å². The fourth-order valence-corrected chi connectivity index (χ4v) is 2.72. The Balaban J connectivity index is 1.74. The van der Waals surface area contributed by atoms with E-state index in [0.29, 0.717) is 18.0 Å². The number of carbonyl (C=O) groups excluding carboxylic acids is 1. The van der Waals surface area contributed by atoms with Gasteiger partial charge in [-0.2, -0.15) is 0 Å². The first-order chi connectivity index (χ1) is 14.4. The number of carbonyl (C=O) groups is 2. The highest BCUT2D eigenvalue weighted by Crippen LogP contribution is 2.18. The topological polar surface area (TPSA) is 117 Å². The Morgan fingerprint density at radius 2 is 1.63 bits per heavy atom. The van der Waals surface area contributed by atoms with E-state index in [1.165, 1.54) is 12.5 Å². The minimum absolute atomic E-state index is 0.471. The van der Waals surface area contributed by atoms with Gasteiger partial charge in [0.05, 0.1) is 20.3 Å². The molecule has 4 N–H and O–H groups in total. The number of aryl methyl sites for hydroxylation is 1. The lowest BCUT2D eigenvalue weighted by Crippen LogP contribution is -2.56. The van der Waals surface area contributed by atoms with Crippen LogP contribution >= 0.6 is 0 Å². The van der Waals surface area contributed by atoms with Crippen LogP contribution in [0.2, 0.25) is 0 Å². The van der Waals surface area contributed by atoms with Crippen LogP contribution in [0.5, 0.6) is 11.5 Å². The highest BCUT2D eigenvalue weighted by molar-refractivity contribution is 5.99. The summed E-state index contributed by atoms with van der Waals surface area (Å²) in [6.45, 7) is 1.22. The average Bonchev–Trinajstić information content (AvgIpc) is 2.74. The monoisotopic (exact) mass is 416 g/mol. The Morgan fingerprint density at radius 1 is 1.00 bits per heavy atom. The third-order valence-electron chi connectivity index (χ3n) is 4.60. The molecule has 8 nitrogen and oxygen atoms in total. The molecule has 0 saturated heterocycles. The molecule has 0 aromatic heterocycles. The average molecular weight is 416 g/mol. The number of ether oxygens (including phenoxy) is 2. The smallest absolute Gasteiger partial charge is 0.405 e. The van der Waals surface area contributed by atoms with Crippen molar-refractivity contribution < 1.29 is 29.3 Å². The van der Waals surface area contributed by atoms with E-state index in [4.69, 9.17) is 14.6 Å². The molecule has 0 spiro atoms. The van der Waals surface area contributed by atoms with Gasteiger partial charge in [-0.15, -0.1) is 0 Å². The number of unbranched alkanes of at least 4 members (excludes halogenated alkanes) is 1. The Labute approximate surface area is 175 Å². The molecule has 1 atom stereocenters. The van der Waals surface area contributed by atoms with Gasteiger partial charge in [-0.3, -0.25) is 4.79 Å². The zero-order valence-electron chi connectivity index (χ0n) is 17.2. The predicted octanol–water partition coefficient (Wildman–Crippen LogP) is 3.05. The lowest BCUT2D eigenvalue weighted by Gasteiger charge is -2.25. The van der Waals surface area contributed by atoms with Crippen molar-refractivity contribution in [3.8, 4) is 11.5 Å².